The van der Waals surface area contributed by atoms with E-state index < -0.39 is 5.97 Å². The molecule has 0 bridgehead atoms. The van der Waals surface area contributed by atoms with Gasteiger partial charge in [-0.1, -0.05) is 6.92 Å². The third-order valence-electron chi connectivity index (χ3n) is 4.03. The van der Waals surface area contributed by atoms with Crippen LogP contribution in [0, 0.1) is 11.8 Å². The van der Waals surface area contributed by atoms with Crippen LogP contribution in [-0.2, 0) is 9.53 Å². The molecule has 2 fully saturated rings. The molecule has 2 saturated heterocycles. The first-order valence-electron chi connectivity index (χ1n) is 6.73. The topological polar surface area (TPSA) is 49.8 Å². The second-order valence-corrected chi connectivity index (χ2v) is 5.46. The lowest BCUT2D eigenvalue weighted by Crippen LogP contribution is -2.25. The quantitative estimate of drug-likeness (QED) is 0.794. The fraction of sp³-hybridized carbons (Fsp3) is 0.923. The molecule has 2 heterocycles. The van der Waals surface area contributed by atoms with Crippen LogP contribution in [0.3, 0.4) is 0 Å². The van der Waals surface area contributed by atoms with E-state index in [-0.39, 0.29) is 11.8 Å². The van der Waals surface area contributed by atoms with Crippen molar-refractivity contribution in [2.75, 3.05) is 26.2 Å². The molecule has 17 heavy (non-hydrogen) atoms. The highest BCUT2D eigenvalue weighted by Crippen LogP contribution is 2.24. The van der Waals surface area contributed by atoms with E-state index in [0.717, 1.165) is 39.1 Å². The van der Waals surface area contributed by atoms with E-state index >= 15 is 0 Å². The van der Waals surface area contributed by atoms with Crippen molar-refractivity contribution in [3.63, 3.8) is 0 Å². The Hall–Kier alpha value is -0.610. The predicted octanol–water partition coefficient (Wildman–Crippen LogP) is 1.60. The molecule has 0 aliphatic carbocycles. The molecule has 0 spiro atoms. The van der Waals surface area contributed by atoms with Crippen molar-refractivity contribution < 1.29 is 14.6 Å². The second kappa shape index (κ2) is 5.83. The Morgan fingerprint density at radius 1 is 1.47 bits per heavy atom. The molecule has 2 rings (SSSR count). The zero-order valence-electron chi connectivity index (χ0n) is 10.6. The van der Waals surface area contributed by atoms with Gasteiger partial charge in [-0.05, 0) is 38.1 Å². The first kappa shape index (κ1) is 12.8. The van der Waals surface area contributed by atoms with Gasteiger partial charge in [0, 0.05) is 19.7 Å². The average Bonchev–Trinajstić information content (AvgIpc) is 2.88. The van der Waals surface area contributed by atoms with Crippen LogP contribution in [0.15, 0.2) is 0 Å². The molecule has 0 aromatic heterocycles. The number of carbonyl (C=O) groups is 1. The molecule has 0 saturated carbocycles. The Kier molecular flexibility index (Phi) is 4.40. The molecule has 0 aromatic rings. The van der Waals surface area contributed by atoms with Crippen molar-refractivity contribution in [3.8, 4) is 0 Å². The lowest BCUT2D eigenvalue weighted by molar-refractivity contribution is -0.142. The van der Waals surface area contributed by atoms with Crippen molar-refractivity contribution >= 4 is 5.97 Å². The van der Waals surface area contributed by atoms with E-state index in [0.29, 0.717) is 6.10 Å². The molecule has 0 aromatic carbocycles. The summed E-state index contributed by atoms with van der Waals surface area (Å²) in [4.78, 5) is 13.3. The van der Waals surface area contributed by atoms with Crippen LogP contribution in [0.25, 0.3) is 0 Å². The lowest BCUT2D eigenvalue weighted by atomic mass is 9.99. The first-order chi connectivity index (χ1) is 8.16. The SMILES string of the molecule is CC1CN(CCCC2CCCO2)CC1C(=O)O. The lowest BCUT2D eigenvalue weighted by Gasteiger charge is -2.16. The molecule has 0 amide bonds. The zero-order chi connectivity index (χ0) is 12.3. The van der Waals surface area contributed by atoms with Crippen molar-refractivity contribution in [1.29, 1.82) is 0 Å². The summed E-state index contributed by atoms with van der Waals surface area (Å²) in [6.45, 7) is 5.64. The summed E-state index contributed by atoms with van der Waals surface area (Å²) in [5.74, 6) is -0.521. The van der Waals surface area contributed by atoms with Crippen LogP contribution in [0.4, 0.5) is 0 Å². The minimum atomic E-state index is -0.640. The van der Waals surface area contributed by atoms with Gasteiger partial charge in [0.1, 0.15) is 0 Å². The van der Waals surface area contributed by atoms with Crippen molar-refractivity contribution in [3.05, 3.63) is 0 Å². The van der Waals surface area contributed by atoms with Crippen LogP contribution in [0.2, 0.25) is 0 Å². The molecule has 4 nitrogen and oxygen atoms in total. The molecule has 3 atom stereocenters. The molecule has 0 radical (unpaired) electrons. The maximum absolute atomic E-state index is 11.0. The number of carboxylic acid groups (broad SMARTS) is 1. The molecule has 1 N–H and O–H groups in total. The number of hydrogen-bond acceptors (Lipinski definition) is 3. The van der Waals surface area contributed by atoms with Crippen LogP contribution in [-0.4, -0.2) is 48.3 Å². The highest BCUT2D eigenvalue weighted by Gasteiger charge is 2.34. The van der Waals surface area contributed by atoms with Crippen LogP contribution in [0.5, 0.6) is 0 Å². The van der Waals surface area contributed by atoms with E-state index in [2.05, 4.69) is 4.90 Å². The first-order valence-corrected chi connectivity index (χ1v) is 6.73. The fourth-order valence-electron chi connectivity index (χ4n) is 2.99. The maximum atomic E-state index is 11.0. The number of likely N-dealkylation sites (tertiary alicyclic amines) is 1. The average molecular weight is 241 g/mol. The standard InChI is InChI=1S/C13H23NO3/c1-10-8-14(9-12(10)13(15)16)6-2-4-11-5-3-7-17-11/h10-12H,2-9H2,1H3,(H,15,16). The van der Waals surface area contributed by atoms with Gasteiger partial charge < -0.3 is 14.7 Å². The summed E-state index contributed by atoms with van der Waals surface area (Å²) in [6.07, 6.45) is 5.12. The van der Waals surface area contributed by atoms with E-state index in [9.17, 15) is 4.79 Å². The molecule has 2 aliphatic rings. The third kappa shape index (κ3) is 3.42. The number of ether oxygens (including phenoxy) is 1. The maximum Gasteiger partial charge on any atom is 0.308 e. The van der Waals surface area contributed by atoms with Gasteiger partial charge in [0.2, 0.25) is 0 Å². The minimum Gasteiger partial charge on any atom is -0.481 e. The summed E-state index contributed by atoms with van der Waals surface area (Å²) >= 11 is 0. The van der Waals surface area contributed by atoms with Crippen molar-refractivity contribution in [2.24, 2.45) is 11.8 Å². The summed E-state index contributed by atoms with van der Waals surface area (Å²) in [5, 5.41) is 9.05. The fourth-order valence-corrected chi connectivity index (χ4v) is 2.99. The smallest absolute Gasteiger partial charge is 0.308 e. The van der Waals surface area contributed by atoms with Crippen molar-refractivity contribution in [1.82, 2.24) is 4.90 Å². The van der Waals surface area contributed by atoms with E-state index in [1.165, 1.54) is 12.8 Å². The van der Waals surface area contributed by atoms with Crippen LogP contribution in [0.1, 0.15) is 32.6 Å². The monoisotopic (exact) mass is 241 g/mol. The Labute approximate surface area is 103 Å². The van der Waals surface area contributed by atoms with Gasteiger partial charge in [-0.2, -0.15) is 0 Å². The van der Waals surface area contributed by atoms with Gasteiger partial charge in [-0.25, -0.2) is 0 Å². The summed E-state index contributed by atoms with van der Waals surface area (Å²) in [7, 11) is 0. The normalized spacial score (nSPS) is 34.3. The highest BCUT2D eigenvalue weighted by molar-refractivity contribution is 5.71. The van der Waals surface area contributed by atoms with Gasteiger partial charge in [-0.3, -0.25) is 4.79 Å². The van der Waals surface area contributed by atoms with Gasteiger partial charge in [-0.15, -0.1) is 0 Å². The summed E-state index contributed by atoms with van der Waals surface area (Å²) < 4.78 is 5.59. The molecule has 3 unspecified atom stereocenters. The number of carboxylic acids is 1. The molecular formula is C13H23NO3. The third-order valence-corrected chi connectivity index (χ3v) is 4.03. The van der Waals surface area contributed by atoms with E-state index in [1.807, 2.05) is 6.92 Å². The summed E-state index contributed by atoms with van der Waals surface area (Å²) in [5.41, 5.74) is 0. The number of hydrogen-bond donors (Lipinski definition) is 1. The van der Waals surface area contributed by atoms with Crippen molar-refractivity contribution in [2.45, 2.75) is 38.7 Å². The van der Waals surface area contributed by atoms with E-state index in [1.54, 1.807) is 0 Å². The Bertz CT molecular complexity index is 263. The molecule has 2 aliphatic heterocycles. The number of aliphatic carboxylic acids is 1. The zero-order valence-corrected chi connectivity index (χ0v) is 10.6. The van der Waals surface area contributed by atoms with Gasteiger partial charge >= 0.3 is 5.97 Å². The second-order valence-electron chi connectivity index (χ2n) is 5.46. The highest BCUT2D eigenvalue weighted by atomic mass is 16.5. The Balaban J connectivity index is 1.65. The van der Waals surface area contributed by atoms with Crippen LogP contribution < -0.4 is 0 Å². The van der Waals surface area contributed by atoms with Gasteiger partial charge in [0.25, 0.3) is 0 Å². The van der Waals surface area contributed by atoms with Gasteiger partial charge in [0.05, 0.1) is 12.0 Å². The molecular weight excluding hydrogens is 218 g/mol. The molecule has 4 heteroatoms. The summed E-state index contributed by atoms with van der Waals surface area (Å²) in [6, 6.07) is 0. The largest absolute Gasteiger partial charge is 0.481 e. The van der Waals surface area contributed by atoms with Gasteiger partial charge in [0.15, 0.2) is 0 Å². The number of rotatable bonds is 5. The van der Waals surface area contributed by atoms with E-state index in [4.69, 9.17) is 9.84 Å². The van der Waals surface area contributed by atoms with Crippen LogP contribution >= 0.6 is 0 Å². The predicted molar refractivity (Wildman–Crippen MR) is 64.9 cm³/mol. The number of nitrogens with zero attached hydrogens (tertiary/aromatic N) is 1. The Morgan fingerprint density at radius 2 is 2.29 bits per heavy atom. The Morgan fingerprint density at radius 3 is 2.88 bits per heavy atom. The minimum absolute atomic E-state index is 0.169. The molecule has 98 valence electrons.